The highest BCUT2D eigenvalue weighted by atomic mass is 79.9. The van der Waals surface area contributed by atoms with Crippen molar-refractivity contribution in [2.75, 3.05) is 31.1 Å². The summed E-state index contributed by atoms with van der Waals surface area (Å²) in [6.07, 6.45) is 0.608. The summed E-state index contributed by atoms with van der Waals surface area (Å²) in [5.74, 6) is 0.263. The van der Waals surface area contributed by atoms with Crippen LogP contribution in [-0.2, 0) is 4.79 Å². The van der Waals surface area contributed by atoms with E-state index in [-0.39, 0.29) is 5.91 Å². The number of carbonyl (C=O) groups is 1. The van der Waals surface area contributed by atoms with E-state index >= 15 is 0 Å². The molecule has 1 aliphatic heterocycles. The molecule has 0 aliphatic carbocycles. The van der Waals surface area contributed by atoms with Crippen LogP contribution in [0.25, 0.3) is 0 Å². The molecular weight excluding hydrogens is 280 g/mol. The molecule has 1 fully saturated rings. The number of amides is 1. The van der Waals surface area contributed by atoms with E-state index in [1.165, 1.54) is 5.69 Å². The summed E-state index contributed by atoms with van der Waals surface area (Å²) in [6.45, 7) is 5.42. The Balaban J connectivity index is 1.97. The zero-order valence-corrected chi connectivity index (χ0v) is 11.6. The molecule has 1 amide bonds. The van der Waals surface area contributed by atoms with E-state index in [1.807, 2.05) is 24.0 Å². The van der Waals surface area contributed by atoms with Crippen LogP contribution in [-0.4, -0.2) is 37.0 Å². The van der Waals surface area contributed by atoms with Crippen LogP contribution in [0.15, 0.2) is 28.7 Å². The highest BCUT2D eigenvalue weighted by Crippen LogP contribution is 2.21. The molecule has 17 heavy (non-hydrogen) atoms. The number of benzene rings is 1. The summed E-state index contributed by atoms with van der Waals surface area (Å²) in [5, 5.41) is 0. The van der Waals surface area contributed by atoms with Gasteiger partial charge in [0.1, 0.15) is 0 Å². The monoisotopic (exact) mass is 296 g/mol. The molecule has 1 saturated heterocycles. The fourth-order valence-electron chi connectivity index (χ4n) is 2.11. The predicted molar refractivity (Wildman–Crippen MR) is 73.2 cm³/mol. The minimum absolute atomic E-state index is 0.263. The Labute approximate surface area is 111 Å². The minimum Gasteiger partial charge on any atom is -0.368 e. The zero-order chi connectivity index (χ0) is 12.3. The van der Waals surface area contributed by atoms with Crippen LogP contribution in [0, 0.1) is 0 Å². The second-order valence-electron chi connectivity index (χ2n) is 4.20. The van der Waals surface area contributed by atoms with E-state index in [4.69, 9.17) is 0 Å². The van der Waals surface area contributed by atoms with Gasteiger partial charge in [0.15, 0.2) is 0 Å². The second kappa shape index (κ2) is 5.54. The quantitative estimate of drug-likeness (QED) is 0.837. The Hall–Kier alpha value is -1.03. The maximum Gasteiger partial charge on any atom is 0.222 e. The average Bonchev–Trinajstić information content (AvgIpc) is 2.38. The van der Waals surface area contributed by atoms with Crippen molar-refractivity contribution in [1.29, 1.82) is 0 Å². The van der Waals surface area contributed by atoms with Gasteiger partial charge in [-0.2, -0.15) is 0 Å². The molecule has 2 rings (SSSR count). The predicted octanol–water partition coefficient (Wildman–Crippen LogP) is 2.51. The molecule has 0 saturated carbocycles. The molecule has 1 heterocycles. The Morgan fingerprint density at radius 3 is 2.59 bits per heavy atom. The third kappa shape index (κ3) is 3.00. The molecule has 0 spiro atoms. The second-order valence-corrected chi connectivity index (χ2v) is 5.12. The molecule has 0 bridgehead atoms. The van der Waals surface area contributed by atoms with Crippen LogP contribution in [0.1, 0.15) is 13.3 Å². The summed E-state index contributed by atoms with van der Waals surface area (Å²) < 4.78 is 1.10. The van der Waals surface area contributed by atoms with Crippen LogP contribution >= 0.6 is 15.9 Å². The van der Waals surface area contributed by atoms with E-state index in [0.717, 1.165) is 30.7 Å². The normalized spacial score (nSPS) is 16.1. The number of nitrogens with zero attached hydrogens (tertiary/aromatic N) is 2. The van der Waals surface area contributed by atoms with Gasteiger partial charge in [-0.15, -0.1) is 0 Å². The lowest BCUT2D eigenvalue weighted by molar-refractivity contribution is -0.131. The third-order valence-electron chi connectivity index (χ3n) is 3.11. The number of piperazine rings is 1. The molecular formula is C13H17BrN2O. The fourth-order valence-corrected chi connectivity index (χ4v) is 2.50. The number of anilines is 1. The standard InChI is InChI=1S/C13H17BrN2O/c1-2-13(17)16-8-6-15(7-9-16)12-5-3-4-11(14)10-12/h3-5,10H,2,6-9H2,1H3. The van der Waals surface area contributed by atoms with Crippen molar-refractivity contribution in [1.82, 2.24) is 4.90 Å². The number of halogens is 1. The zero-order valence-electron chi connectivity index (χ0n) is 10.0. The fraction of sp³-hybridized carbons (Fsp3) is 0.462. The van der Waals surface area contributed by atoms with E-state index < -0.39 is 0 Å². The lowest BCUT2D eigenvalue weighted by Crippen LogP contribution is -2.48. The minimum atomic E-state index is 0.263. The third-order valence-corrected chi connectivity index (χ3v) is 3.60. The van der Waals surface area contributed by atoms with Crippen LogP contribution < -0.4 is 4.90 Å². The summed E-state index contributed by atoms with van der Waals surface area (Å²) >= 11 is 3.48. The molecule has 4 heteroatoms. The van der Waals surface area contributed by atoms with E-state index in [1.54, 1.807) is 0 Å². The van der Waals surface area contributed by atoms with Gasteiger partial charge in [-0.05, 0) is 18.2 Å². The number of hydrogen-bond acceptors (Lipinski definition) is 2. The van der Waals surface area contributed by atoms with Gasteiger partial charge in [-0.25, -0.2) is 0 Å². The maximum absolute atomic E-state index is 11.6. The van der Waals surface area contributed by atoms with Gasteiger partial charge in [0.05, 0.1) is 0 Å². The molecule has 1 aliphatic rings. The van der Waals surface area contributed by atoms with Gasteiger partial charge in [0, 0.05) is 42.8 Å². The maximum atomic E-state index is 11.6. The number of hydrogen-bond donors (Lipinski definition) is 0. The molecule has 0 N–H and O–H groups in total. The van der Waals surface area contributed by atoms with Crippen molar-refractivity contribution < 1.29 is 4.79 Å². The summed E-state index contributed by atoms with van der Waals surface area (Å²) in [5.41, 5.74) is 1.22. The largest absolute Gasteiger partial charge is 0.368 e. The van der Waals surface area contributed by atoms with Gasteiger partial charge in [-0.1, -0.05) is 28.9 Å². The topological polar surface area (TPSA) is 23.6 Å². The van der Waals surface area contributed by atoms with Crippen molar-refractivity contribution >= 4 is 27.5 Å². The van der Waals surface area contributed by atoms with Crippen LogP contribution in [0.2, 0.25) is 0 Å². The summed E-state index contributed by atoms with van der Waals surface area (Å²) in [6, 6.07) is 8.31. The number of carbonyl (C=O) groups excluding carboxylic acids is 1. The smallest absolute Gasteiger partial charge is 0.222 e. The summed E-state index contributed by atoms with van der Waals surface area (Å²) in [7, 11) is 0. The van der Waals surface area contributed by atoms with Gasteiger partial charge < -0.3 is 9.80 Å². The first-order chi connectivity index (χ1) is 8.20. The molecule has 1 aromatic rings. The van der Waals surface area contributed by atoms with E-state index in [2.05, 4.69) is 33.0 Å². The van der Waals surface area contributed by atoms with Gasteiger partial charge in [0.25, 0.3) is 0 Å². The average molecular weight is 297 g/mol. The van der Waals surface area contributed by atoms with Gasteiger partial charge in [0.2, 0.25) is 5.91 Å². The molecule has 92 valence electrons. The van der Waals surface area contributed by atoms with Crippen molar-refractivity contribution in [3.8, 4) is 0 Å². The van der Waals surface area contributed by atoms with Crippen LogP contribution in [0.4, 0.5) is 5.69 Å². The van der Waals surface area contributed by atoms with Crippen LogP contribution in [0.3, 0.4) is 0 Å². The highest BCUT2D eigenvalue weighted by molar-refractivity contribution is 9.10. The summed E-state index contributed by atoms with van der Waals surface area (Å²) in [4.78, 5) is 15.8. The lowest BCUT2D eigenvalue weighted by Gasteiger charge is -2.36. The first-order valence-corrected chi connectivity index (χ1v) is 6.78. The van der Waals surface area contributed by atoms with Gasteiger partial charge in [-0.3, -0.25) is 4.79 Å². The lowest BCUT2D eigenvalue weighted by atomic mass is 10.2. The Kier molecular flexibility index (Phi) is 4.05. The number of rotatable bonds is 2. The molecule has 0 atom stereocenters. The van der Waals surface area contributed by atoms with Crippen molar-refractivity contribution in [3.63, 3.8) is 0 Å². The Morgan fingerprint density at radius 1 is 1.29 bits per heavy atom. The van der Waals surface area contributed by atoms with Crippen LogP contribution in [0.5, 0.6) is 0 Å². The first kappa shape index (κ1) is 12.4. The molecule has 0 radical (unpaired) electrons. The SMILES string of the molecule is CCC(=O)N1CCN(c2cccc(Br)c2)CC1. The molecule has 3 nitrogen and oxygen atoms in total. The van der Waals surface area contributed by atoms with E-state index in [9.17, 15) is 4.79 Å². The van der Waals surface area contributed by atoms with Crippen molar-refractivity contribution in [3.05, 3.63) is 28.7 Å². The van der Waals surface area contributed by atoms with Gasteiger partial charge >= 0.3 is 0 Å². The molecule has 1 aromatic carbocycles. The molecule has 0 aromatic heterocycles. The molecule has 0 unspecified atom stereocenters. The Bertz CT molecular complexity index is 400. The first-order valence-electron chi connectivity index (χ1n) is 5.99. The highest BCUT2D eigenvalue weighted by Gasteiger charge is 2.19. The van der Waals surface area contributed by atoms with E-state index in [0.29, 0.717) is 6.42 Å². The van der Waals surface area contributed by atoms with Crippen molar-refractivity contribution in [2.24, 2.45) is 0 Å². The Morgan fingerprint density at radius 2 is 2.00 bits per heavy atom. The van der Waals surface area contributed by atoms with Crippen molar-refractivity contribution in [2.45, 2.75) is 13.3 Å².